The highest BCUT2D eigenvalue weighted by Gasteiger charge is 2.47. The zero-order chi connectivity index (χ0) is 8.06. The lowest BCUT2D eigenvalue weighted by Gasteiger charge is -2.25. The molecule has 2 fully saturated rings. The smallest absolute Gasteiger partial charge is 0.115 e. The Morgan fingerprint density at radius 2 is 2.09 bits per heavy atom. The number of hydrogen-bond donors (Lipinski definition) is 0. The summed E-state index contributed by atoms with van der Waals surface area (Å²) in [6.45, 7) is 6.25. The topological polar surface area (TPSA) is 3.24 Å². The van der Waals surface area contributed by atoms with E-state index < -0.39 is 6.17 Å². The molecule has 64 valence electrons. The summed E-state index contributed by atoms with van der Waals surface area (Å²) in [6, 6.07) is 0. The first kappa shape index (κ1) is 7.53. The van der Waals surface area contributed by atoms with Gasteiger partial charge in [0.2, 0.25) is 0 Å². The molecule has 0 radical (unpaired) electrons. The van der Waals surface area contributed by atoms with Gasteiger partial charge in [0.1, 0.15) is 6.17 Å². The number of halogens is 1. The first-order chi connectivity index (χ1) is 5.10. The van der Waals surface area contributed by atoms with Crippen LogP contribution < -0.4 is 0 Å². The Kier molecular flexibility index (Phi) is 1.50. The molecule has 2 heterocycles. The second-order valence-electron chi connectivity index (χ2n) is 4.51. The van der Waals surface area contributed by atoms with Crippen LogP contribution in [0.4, 0.5) is 4.39 Å². The van der Waals surface area contributed by atoms with Gasteiger partial charge in [-0.3, -0.25) is 4.90 Å². The lowest BCUT2D eigenvalue weighted by Crippen LogP contribution is -2.34. The minimum atomic E-state index is -0.563. The van der Waals surface area contributed by atoms with Crippen LogP contribution in [-0.4, -0.2) is 29.7 Å². The molecule has 1 nitrogen and oxygen atoms in total. The number of hydrogen-bond acceptors (Lipinski definition) is 1. The molecule has 0 N–H and O–H groups in total. The number of nitrogens with zero attached hydrogens (tertiary/aromatic N) is 1. The first-order valence-electron chi connectivity index (χ1n) is 4.49. The summed E-state index contributed by atoms with van der Waals surface area (Å²) in [5.74, 6) is 0.771. The standard InChI is InChI=1S/C9H16FN/c1-7-3-9(2)4-8(10)6-11(9)5-7/h7-8H,3-6H2,1-2H3/t7?,8-,9-/m1/s1. The lowest BCUT2D eigenvalue weighted by molar-refractivity contribution is 0.217. The molecule has 3 atom stereocenters. The van der Waals surface area contributed by atoms with E-state index in [-0.39, 0.29) is 5.54 Å². The zero-order valence-corrected chi connectivity index (χ0v) is 7.31. The highest BCUT2D eigenvalue weighted by Crippen LogP contribution is 2.41. The fraction of sp³-hybridized carbons (Fsp3) is 1.00. The highest BCUT2D eigenvalue weighted by atomic mass is 19.1. The van der Waals surface area contributed by atoms with Crippen molar-refractivity contribution in [3.63, 3.8) is 0 Å². The molecule has 1 unspecified atom stereocenters. The third-order valence-electron chi connectivity index (χ3n) is 3.16. The van der Waals surface area contributed by atoms with Gasteiger partial charge in [-0.2, -0.15) is 0 Å². The Morgan fingerprint density at radius 1 is 1.36 bits per heavy atom. The summed E-state index contributed by atoms with van der Waals surface area (Å²) in [7, 11) is 0. The van der Waals surface area contributed by atoms with Gasteiger partial charge in [-0.1, -0.05) is 6.92 Å². The summed E-state index contributed by atoms with van der Waals surface area (Å²) < 4.78 is 13.0. The predicted molar refractivity (Wildman–Crippen MR) is 43.3 cm³/mol. The second-order valence-corrected chi connectivity index (χ2v) is 4.51. The molecule has 0 aromatic rings. The monoisotopic (exact) mass is 157 g/mol. The molecule has 0 aromatic carbocycles. The molecule has 2 saturated heterocycles. The summed E-state index contributed by atoms with van der Waals surface area (Å²) in [5, 5.41) is 0. The van der Waals surface area contributed by atoms with Crippen molar-refractivity contribution in [2.75, 3.05) is 13.1 Å². The Bertz CT molecular complexity index is 155. The van der Waals surface area contributed by atoms with E-state index in [4.69, 9.17) is 0 Å². The molecule has 2 aliphatic rings. The highest BCUT2D eigenvalue weighted by molar-refractivity contribution is 5.02. The van der Waals surface area contributed by atoms with Crippen molar-refractivity contribution in [1.82, 2.24) is 4.90 Å². The SMILES string of the molecule is CC1CN2C[C@H](F)C[C@@]2(C)C1. The van der Waals surface area contributed by atoms with Crippen molar-refractivity contribution in [2.24, 2.45) is 5.92 Å². The Balaban J connectivity index is 2.13. The lowest BCUT2D eigenvalue weighted by atomic mass is 9.93. The fourth-order valence-electron chi connectivity index (χ4n) is 2.83. The van der Waals surface area contributed by atoms with Crippen LogP contribution in [0.5, 0.6) is 0 Å². The first-order valence-corrected chi connectivity index (χ1v) is 4.49. The molecule has 2 heteroatoms. The average molecular weight is 157 g/mol. The van der Waals surface area contributed by atoms with Crippen molar-refractivity contribution >= 4 is 0 Å². The molecule has 0 saturated carbocycles. The Morgan fingerprint density at radius 3 is 2.73 bits per heavy atom. The fourth-order valence-corrected chi connectivity index (χ4v) is 2.83. The van der Waals surface area contributed by atoms with Gasteiger partial charge in [-0.25, -0.2) is 4.39 Å². The quantitative estimate of drug-likeness (QED) is 0.518. The average Bonchev–Trinajstić information content (AvgIpc) is 2.16. The maximum atomic E-state index is 13.0. The van der Waals surface area contributed by atoms with Crippen molar-refractivity contribution < 1.29 is 4.39 Å². The number of rotatable bonds is 0. The van der Waals surface area contributed by atoms with Crippen LogP contribution in [0, 0.1) is 5.92 Å². The Hall–Kier alpha value is -0.110. The summed E-state index contributed by atoms with van der Waals surface area (Å²) >= 11 is 0. The van der Waals surface area contributed by atoms with E-state index in [1.807, 2.05) is 0 Å². The van der Waals surface area contributed by atoms with E-state index in [2.05, 4.69) is 18.7 Å². The van der Waals surface area contributed by atoms with Crippen LogP contribution >= 0.6 is 0 Å². The molecular weight excluding hydrogens is 141 g/mol. The molecular formula is C9H16FN. The molecule has 0 amide bonds. The molecule has 0 aliphatic carbocycles. The van der Waals surface area contributed by atoms with Gasteiger partial charge < -0.3 is 0 Å². The van der Waals surface area contributed by atoms with Crippen LogP contribution in [-0.2, 0) is 0 Å². The zero-order valence-electron chi connectivity index (χ0n) is 7.31. The predicted octanol–water partition coefficient (Wildman–Crippen LogP) is 1.83. The summed E-state index contributed by atoms with van der Waals surface area (Å²) in [5.41, 5.74) is 0.207. The van der Waals surface area contributed by atoms with Crippen LogP contribution in [0.25, 0.3) is 0 Å². The van der Waals surface area contributed by atoms with Gasteiger partial charge in [0, 0.05) is 18.6 Å². The summed E-state index contributed by atoms with van der Waals surface area (Å²) in [6.07, 6.45) is 1.39. The number of fused-ring (bicyclic) bond motifs is 1. The molecule has 0 aromatic heterocycles. The maximum Gasteiger partial charge on any atom is 0.115 e. The van der Waals surface area contributed by atoms with Crippen LogP contribution in [0.15, 0.2) is 0 Å². The largest absolute Gasteiger partial charge is 0.295 e. The van der Waals surface area contributed by atoms with E-state index in [1.54, 1.807) is 0 Å². The minimum absolute atomic E-state index is 0.207. The van der Waals surface area contributed by atoms with Crippen molar-refractivity contribution in [3.05, 3.63) is 0 Å². The second kappa shape index (κ2) is 2.19. The third-order valence-corrected chi connectivity index (χ3v) is 3.16. The molecule has 11 heavy (non-hydrogen) atoms. The van der Waals surface area contributed by atoms with Crippen LogP contribution in [0.2, 0.25) is 0 Å². The van der Waals surface area contributed by atoms with Gasteiger partial charge in [-0.15, -0.1) is 0 Å². The Labute approximate surface area is 67.6 Å². The minimum Gasteiger partial charge on any atom is -0.295 e. The van der Waals surface area contributed by atoms with Crippen molar-refractivity contribution in [3.8, 4) is 0 Å². The molecule has 2 rings (SSSR count). The van der Waals surface area contributed by atoms with E-state index >= 15 is 0 Å². The molecule has 2 aliphatic heterocycles. The van der Waals surface area contributed by atoms with Gasteiger partial charge in [-0.05, 0) is 25.7 Å². The van der Waals surface area contributed by atoms with Crippen LogP contribution in [0.3, 0.4) is 0 Å². The van der Waals surface area contributed by atoms with Crippen LogP contribution in [0.1, 0.15) is 26.7 Å². The number of alkyl halides is 1. The van der Waals surface area contributed by atoms with Gasteiger partial charge in [0.05, 0.1) is 0 Å². The molecule has 0 bridgehead atoms. The van der Waals surface area contributed by atoms with Crippen molar-refractivity contribution in [2.45, 2.75) is 38.4 Å². The maximum absolute atomic E-state index is 13.0. The van der Waals surface area contributed by atoms with E-state index in [0.29, 0.717) is 6.54 Å². The normalized spacial score (nSPS) is 51.5. The van der Waals surface area contributed by atoms with E-state index in [9.17, 15) is 4.39 Å². The van der Waals surface area contributed by atoms with E-state index in [1.165, 1.54) is 6.42 Å². The van der Waals surface area contributed by atoms with Crippen molar-refractivity contribution in [1.29, 1.82) is 0 Å². The van der Waals surface area contributed by atoms with E-state index in [0.717, 1.165) is 18.9 Å². The molecule has 0 spiro atoms. The summed E-state index contributed by atoms with van der Waals surface area (Å²) in [4.78, 5) is 2.32. The van der Waals surface area contributed by atoms with Gasteiger partial charge >= 0.3 is 0 Å². The van der Waals surface area contributed by atoms with Gasteiger partial charge in [0.25, 0.3) is 0 Å². The third kappa shape index (κ3) is 1.08. The van der Waals surface area contributed by atoms with Gasteiger partial charge in [0.15, 0.2) is 0 Å².